The average molecular weight is 319 g/mol. The summed E-state index contributed by atoms with van der Waals surface area (Å²) in [5, 5.41) is 2.41. The summed E-state index contributed by atoms with van der Waals surface area (Å²) < 4.78 is 32.1. The second-order valence-corrected chi connectivity index (χ2v) is 4.77. The van der Waals surface area contributed by atoms with Gasteiger partial charge in [-0.25, -0.2) is 8.78 Å². The van der Waals surface area contributed by atoms with Crippen LogP contribution in [0.15, 0.2) is 24.3 Å². The summed E-state index contributed by atoms with van der Waals surface area (Å²) in [6.45, 7) is 0. The first kappa shape index (κ1) is 14.7. The third-order valence-corrected chi connectivity index (χ3v) is 3.13. The van der Waals surface area contributed by atoms with Crippen LogP contribution in [0.2, 0.25) is 10.0 Å². The van der Waals surface area contributed by atoms with Crippen LogP contribution in [0.3, 0.4) is 0 Å². The molecule has 2 aromatic rings. The van der Waals surface area contributed by atoms with Crippen LogP contribution in [0.5, 0.6) is 5.75 Å². The largest absolute Gasteiger partial charge is 0.495 e. The molecule has 106 valence electrons. The van der Waals surface area contributed by atoms with Crippen LogP contribution in [-0.2, 0) is 0 Å². The van der Waals surface area contributed by atoms with Gasteiger partial charge in [0.05, 0.1) is 28.5 Å². The first-order valence-electron chi connectivity index (χ1n) is 5.47. The summed E-state index contributed by atoms with van der Waals surface area (Å²) in [4.78, 5) is 0. The van der Waals surface area contributed by atoms with Crippen LogP contribution < -0.4 is 15.8 Å². The summed E-state index contributed by atoms with van der Waals surface area (Å²) in [6, 6.07) is 5.10. The van der Waals surface area contributed by atoms with Gasteiger partial charge in [0.1, 0.15) is 11.6 Å². The Morgan fingerprint density at radius 2 is 1.70 bits per heavy atom. The molecule has 2 aromatic carbocycles. The van der Waals surface area contributed by atoms with Crippen LogP contribution in [-0.4, -0.2) is 7.11 Å². The van der Waals surface area contributed by atoms with E-state index >= 15 is 0 Å². The molecule has 0 amide bonds. The highest BCUT2D eigenvalue weighted by molar-refractivity contribution is 6.35. The number of benzene rings is 2. The molecule has 0 aliphatic carbocycles. The number of nitrogens with one attached hydrogen (secondary N) is 1. The molecule has 0 fully saturated rings. The Morgan fingerprint density at radius 3 is 2.25 bits per heavy atom. The molecule has 0 radical (unpaired) electrons. The Labute approximate surface area is 124 Å². The van der Waals surface area contributed by atoms with E-state index in [1.54, 1.807) is 0 Å². The predicted octanol–water partition coefficient (Wildman–Crippen LogP) is 4.61. The van der Waals surface area contributed by atoms with Gasteiger partial charge in [0.25, 0.3) is 0 Å². The van der Waals surface area contributed by atoms with E-state index in [1.807, 2.05) is 0 Å². The van der Waals surface area contributed by atoms with Crippen molar-refractivity contribution in [2.45, 2.75) is 0 Å². The molecule has 2 rings (SSSR count). The van der Waals surface area contributed by atoms with E-state index in [0.717, 1.165) is 6.07 Å². The van der Waals surface area contributed by atoms with Crippen molar-refractivity contribution in [2.24, 2.45) is 0 Å². The molecule has 0 saturated carbocycles. The zero-order valence-electron chi connectivity index (χ0n) is 10.3. The number of nitrogens with two attached hydrogens (primary N) is 1. The second-order valence-electron chi connectivity index (χ2n) is 3.95. The van der Waals surface area contributed by atoms with Crippen LogP contribution >= 0.6 is 23.2 Å². The Kier molecular flexibility index (Phi) is 4.20. The maximum atomic E-state index is 13.8. The first-order chi connectivity index (χ1) is 9.42. The highest BCUT2D eigenvalue weighted by atomic mass is 35.5. The van der Waals surface area contributed by atoms with Gasteiger partial charge in [-0.15, -0.1) is 0 Å². The Morgan fingerprint density at radius 1 is 1.10 bits per heavy atom. The lowest BCUT2D eigenvalue weighted by molar-refractivity contribution is 0.416. The third kappa shape index (κ3) is 2.89. The lowest BCUT2D eigenvalue weighted by Crippen LogP contribution is -1.99. The van der Waals surface area contributed by atoms with Gasteiger partial charge in [-0.1, -0.05) is 23.2 Å². The number of hydrogen-bond acceptors (Lipinski definition) is 3. The topological polar surface area (TPSA) is 47.3 Å². The molecular formula is C13H10Cl2F2N2O. The van der Waals surface area contributed by atoms with E-state index in [4.69, 9.17) is 33.7 Å². The minimum absolute atomic E-state index is 0.106. The number of halogens is 4. The van der Waals surface area contributed by atoms with Crippen LogP contribution in [0, 0.1) is 11.6 Å². The van der Waals surface area contributed by atoms with Crippen molar-refractivity contribution in [1.82, 2.24) is 0 Å². The molecule has 0 aliphatic heterocycles. The van der Waals surface area contributed by atoms with Crippen LogP contribution in [0.25, 0.3) is 0 Å². The zero-order valence-corrected chi connectivity index (χ0v) is 11.8. The molecule has 0 bridgehead atoms. The fraction of sp³-hybridized carbons (Fsp3) is 0.0769. The SMILES string of the molecule is COc1cc(Nc2cc(Cl)c(F)c(Cl)c2)c(F)cc1N. The zero-order chi connectivity index (χ0) is 14.9. The van der Waals surface area contributed by atoms with E-state index in [-0.39, 0.29) is 21.4 Å². The van der Waals surface area contributed by atoms with Gasteiger partial charge in [-0.2, -0.15) is 0 Å². The number of hydrogen-bond donors (Lipinski definition) is 2. The highest BCUT2D eigenvalue weighted by Crippen LogP contribution is 2.33. The van der Waals surface area contributed by atoms with Crippen molar-refractivity contribution >= 4 is 40.3 Å². The standard InChI is InChI=1S/C13H10Cl2F2N2O/c1-20-12-5-11(9(16)4-10(12)18)19-6-2-7(14)13(17)8(15)3-6/h2-5,19H,18H2,1H3. The van der Waals surface area contributed by atoms with Crippen molar-refractivity contribution in [1.29, 1.82) is 0 Å². The first-order valence-corrected chi connectivity index (χ1v) is 6.22. The Balaban J connectivity index is 2.39. The van der Waals surface area contributed by atoms with Gasteiger partial charge in [0.2, 0.25) is 0 Å². The molecule has 0 aromatic heterocycles. The van der Waals surface area contributed by atoms with Crippen LogP contribution in [0.1, 0.15) is 0 Å². The van der Waals surface area contributed by atoms with Crippen molar-refractivity contribution in [3.8, 4) is 5.75 Å². The molecule has 7 heteroatoms. The molecule has 0 heterocycles. The fourth-order valence-electron chi connectivity index (χ4n) is 1.62. The molecule has 0 spiro atoms. The molecular weight excluding hydrogens is 309 g/mol. The average Bonchev–Trinajstić information content (AvgIpc) is 2.39. The van der Waals surface area contributed by atoms with E-state index < -0.39 is 11.6 Å². The van der Waals surface area contributed by atoms with Crippen molar-refractivity contribution in [3.05, 3.63) is 45.9 Å². The summed E-state index contributed by atoms with van der Waals surface area (Å²) >= 11 is 11.3. The highest BCUT2D eigenvalue weighted by Gasteiger charge is 2.11. The summed E-state index contributed by atoms with van der Waals surface area (Å²) in [7, 11) is 1.42. The Hall–Kier alpha value is -1.72. The van der Waals surface area contributed by atoms with Gasteiger partial charge >= 0.3 is 0 Å². The number of rotatable bonds is 3. The molecule has 0 aliphatic rings. The van der Waals surface area contributed by atoms with Gasteiger partial charge in [0.15, 0.2) is 5.82 Å². The van der Waals surface area contributed by atoms with Crippen molar-refractivity contribution < 1.29 is 13.5 Å². The lowest BCUT2D eigenvalue weighted by Gasteiger charge is -2.12. The summed E-state index contributed by atoms with van der Waals surface area (Å²) in [6.07, 6.45) is 0. The molecule has 3 N–H and O–H groups in total. The van der Waals surface area contributed by atoms with E-state index in [1.165, 1.54) is 25.3 Å². The number of methoxy groups -OCH3 is 1. The molecule has 0 atom stereocenters. The second kappa shape index (κ2) is 5.73. The van der Waals surface area contributed by atoms with Gasteiger partial charge in [0, 0.05) is 17.8 Å². The molecule has 0 unspecified atom stereocenters. The quantitative estimate of drug-likeness (QED) is 0.642. The fourth-order valence-corrected chi connectivity index (χ4v) is 2.11. The summed E-state index contributed by atoms with van der Waals surface area (Å²) in [5.74, 6) is -0.998. The van der Waals surface area contributed by atoms with Crippen LogP contribution in [0.4, 0.5) is 25.8 Å². The number of anilines is 3. The normalized spacial score (nSPS) is 10.4. The van der Waals surface area contributed by atoms with Crippen molar-refractivity contribution in [2.75, 3.05) is 18.2 Å². The molecule has 0 saturated heterocycles. The molecule has 3 nitrogen and oxygen atoms in total. The van der Waals surface area contributed by atoms with E-state index in [2.05, 4.69) is 5.32 Å². The maximum absolute atomic E-state index is 13.8. The minimum Gasteiger partial charge on any atom is -0.495 e. The minimum atomic E-state index is -0.728. The Bertz CT molecular complexity index is 642. The predicted molar refractivity (Wildman–Crippen MR) is 77.1 cm³/mol. The van der Waals surface area contributed by atoms with Gasteiger partial charge in [-0.05, 0) is 12.1 Å². The maximum Gasteiger partial charge on any atom is 0.160 e. The smallest absolute Gasteiger partial charge is 0.160 e. The number of ether oxygens (including phenoxy) is 1. The van der Waals surface area contributed by atoms with Gasteiger partial charge in [-0.3, -0.25) is 0 Å². The lowest BCUT2D eigenvalue weighted by atomic mass is 10.2. The van der Waals surface area contributed by atoms with Gasteiger partial charge < -0.3 is 15.8 Å². The third-order valence-electron chi connectivity index (χ3n) is 2.58. The summed E-state index contributed by atoms with van der Waals surface area (Å²) in [5.41, 5.74) is 6.20. The number of nitrogen functional groups attached to an aromatic ring is 1. The monoisotopic (exact) mass is 318 g/mol. The molecule has 20 heavy (non-hydrogen) atoms. The van der Waals surface area contributed by atoms with Crippen molar-refractivity contribution in [3.63, 3.8) is 0 Å². The van der Waals surface area contributed by atoms with E-state index in [9.17, 15) is 8.78 Å². The van der Waals surface area contributed by atoms with E-state index in [0.29, 0.717) is 11.4 Å².